The molecule has 14 heteroatoms. The molecule has 0 heterocycles. The molecule has 0 aromatic heterocycles. The molecule has 276 valence electrons. The second kappa shape index (κ2) is 20.3. The lowest BCUT2D eigenvalue weighted by molar-refractivity contribution is -0.159. The van der Waals surface area contributed by atoms with Crippen LogP contribution >= 0.6 is 0 Å². The van der Waals surface area contributed by atoms with E-state index in [1.165, 1.54) is 0 Å². The standard InChI is InChI=1S/C35H57N5O9/c1-22(2)20-27(32(46)48-34(3,4)5)39-30(44)25(17-18-28(41)42)38-29(43)24(16-12-13-19-36)37-31(45)26(21-23-14-10-9-11-15-23)40-33(47)49-35(6,7)8/h9-11,14-15,22,24-27H,12-13,16-21,36H2,1-8H3,(H,37,45)(H,38,43)(H,39,44)(H,40,47)(H,41,42)/t24-,25-,26-,27-/m0/s1. The van der Waals surface area contributed by atoms with Gasteiger partial charge in [-0.25, -0.2) is 9.59 Å². The van der Waals surface area contributed by atoms with Gasteiger partial charge in [0, 0.05) is 12.8 Å². The van der Waals surface area contributed by atoms with Crippen molar-refractivity contribution < 1.29 is 43.3 Å². The van der Waals surface area contributed by atoms with Gasteiger partial charge in [-0.1, -0.05) is 44.2 Å². The lowest BCUT2D eigenvalue weighted by Crippen LogP contribution is -2.58. The van der Waals surface area contributed by atoms with E-state index in [2.05, 4.69) is 21.3 Å². The number of aliphatic carboxylic acids is 1. The molecule has 0 bridgehead atoms. The first-order valence-corrected chi connectivity index (χ1v) is 16.8. The van der Waals surface area contributed by atoms with Crippen LogP contribution in [0.4, 0.5) is 4.79 Å². The number of hydrogen-bond donors (Lipinski definition) is 6. The summed E-state index contributed by atoms with van der Waals surface area (Å²) in [7, 11) is 0. The highest BCUT2D eigenvalue weighted by Gasteiger charge is 2.33. The van der Waals surface area contributed by atoms with E-state index < -0.39 is 77.5 Å². The quantitative estimate of drug-likeness (QED) is 0.0921. The van der Waals surface area contributed by atoms with E-state index in [0.29, 0.717) is 19.4 Å². The number of hydrogen-bond acceptors (Lipinski definition) is 9. The van der Waals surface area contributed by atoms with Crippen molar-refractivity contribution >= 4 is 35.8 Å². The molecule has 1 aromatic carbocycles. The number of carbonyl (C=O) groups excluding carboxylic acids is 5. The fourth-order valence-corrected chi connectivity index (χ4v) is 4.68. The minimum atomic E-state index is -1.35. The molecule has 0 aliphatic carbocycles. The van der Waals surface area contributed by atoms with Crippen LogP contribution in [-0.2, 0) is 39.9 Å². The number of nitrogens with one attached hydrogen (secondary N) is 4. The number of rotatable bonds is 19. The third kappa shape index (κ3) is 18.8. The summed E-state index contributed by atoms with van der Waals surface area (Å²) in [6, 6.07) is 4.27. The van der Waals surface area contributed by atoms with Gasteiger partial charge < -0.3 is 41.6 Å². The van der Waals surface area contributed by atoms with Gasteiger partial charge in [-0.3, -0.25) is 19.2 Å². The lowest BCUT2D eigenvalue weighted by Gasteiger charge is -2.28. The molecule has 4 atom stereocenters. The van der Waals surface area contributed by atoms with Crippen LogP contribution in [0.3, 0.4) is 0 Å². The Balaban J connectivity index is 3.31. The van der Waals surface area contributed by atoms with Crippen molar-refractivity contribution in [1.29, 1.82) is 0 Å². The number of carbonyl (C=O) groups is 6. The van der Waals surface area contributed by atoms with E-state index >= 15 is 0 Å². The van der Waals surface area contributed by atoms with Crippen LogP contribution in [0.15, 0.2) is 30.3 Å². The van der Waals surface area contributed by atoms with Crippen LogP contribution in [0, 0.1) is 5.92 Å². The number of ether oxygens (including phenoxy) is 2. The summed E-state index contributed by atoms with van der Waals surface area (Å²) < 4.78 is 10.8. The fraction of sp³-hybridized carbons (Fsp3) is 0.657. The van der Waals surface area contributed by atoms with Crippen molar-refractivity contribution in [2.24, 2.45) is 11.7 Å². The number of nitrogens with two attached hydrogens (primary N) is 1. The molecule has 0 fully saturated rings. The molecule has 1 rings (SSSR count). The van der Waals surface area contributed by atoms with E-state index in [4.69, 9.17) is 15.2 Å². The first kappa shape index (κ1) is 42.8. The zero-order valence-corrected chi connectivity index (χ0v) is 30.2. The number of alkyl carbamates (subject to hydrolysis) is 1. The second-order valence-corrected chi connectivity index (χ2v) is 14.5. The van der Waals surface area contributed by atoms with E-state index in [0.717, 1.165) is 5.56 Å². The summed E-state index contributed by atoms with van der Waals surface area (Å²) in [5.74, 6) is -4.05. The van der Waals surface area contributed by atoms with Gasteiger partial charge in [0.2, 0.25) is 17.7 Å². The minimum Gasteiger partial charge on any atom is -0.481 e. The Bertz CT molecular complexity index is 1240. The van der Waals surface area contributed by atoms with Gasteiger partial charge in [0.25, 0.3) is 0 Å². The Hall–Kier alpha value is -4.20. The average molecular weight is 692 g/mol. The van der Waals surface area contributed by atoms with Crippen molar-refractivity contribution in [2.75, 3.05) is 6.54 Å². The predicted molar refractivity (Wildman–Crippen MR) is 184 cm³/mol. The highest BCUT2D eigenvalue weighted by Crippen LogP contribution is 2.14. The smallest absolute Gasteiger partial charge is 0.408 e. The monoisotopic (exact) mass is 691 g/mol. The highest BCUT2D eigenvalue weighted by atomic mass is 16.6. The Morgan fingerprint density at radius 3 is 1.71 bits per heavy atom. The van der Waals surface area contributed by atoms with Gasteiger partial charge in [0.15, 0.2) is 0 Å². The third-order valence-electron chi connectivity index (χ3n) is 6.86. The van der Waals surface area contributed by atoms with Crippen molar-refractivity contribution in [3.8, 4) is 0 Å². The van der Waals surface area contributed by atoms with E-state index in [-0.39, 0.29) is 31.6 Å². The van der Waals surface area contributed by atoms with Gasteiger partial charge in [-0.2, -0.15) is 0 Å². The van der Waals surface area contributed by atoms with Crippen LogP contribution < -0.4 is 27.0 Å². The van der Waals surface area contributed by atoms with Crippen LogP contribution in [-0.4, -0.2) is 82.8 Å². The Kier molecular flexibility index (Phi) is 17.8. The summed E-state index contributed by atoms with van der Waals surface area (Å²) in [5, 5.41) is 19.9. The van der Waals surface area contributed by atoms with E-state index in [1.54, 1.807) is 65.8 Å². The first-order valence-electron chi connectivity index (χ1n) is 16.8. The van der Waals surface area contributed by atoms with Gasteiger partial charge in [0.05, 0.1) is 0 Å². The molecular formula is C35H57N5O9. The number of unbranched alkanes of at least 4 members (excludes halogenated alkanes) is 1. The van der Waals surface area contributed by atoms with Crippen molar-refractivity contribution in [3.05, 3.63) is 35.9 Å². The highest BCUT2D eigenvalue weighted by molar-refractivity contribution is 5.95. The molecule has 0 saturated carbocycles. The van der Waals surface area contributed by atoms with Crippen LogP contribution in [0.1, 0.15) is 99.5 Å². The number of carboxylic acids is 1. The molecule has 4 amide bonds. The fourth-order valence-electron chi connectivity index (χ4n) is 4.68. The maximum atomic E-state index is 13.7. The van der Waals surface area contributed by atoms with Crippen molar-refractivity contribution in [3.63, 3.8) is 0 Å². The predicted octanol–water partition coefficient (Wildman–Crippen LogP) is 2.96. The molecule has 1 aromatic rings. The molecule has 0 spiro atoms. The Labute approximate surface area is 290 Å². The second-order valence-electron chi connectivity index (χ2n) is 14.5. The number of benzene rings is 1. The Morgan fingerprint density at radius 1 is 0.714 bits per heavy atom. The summed E-state index contributed by atoms with van der Waals surface area (Å²) in [4.78, 5) is 78.0. The number of carboxylic acid groups (broad SMARTS) is 1. The molecular weight excluding hydrogens is 634 g/mol. The van der Waals surface area contributed by atoms with E-state index in [1.807, 2.05) is 19.9 Å². The molecule has 0 aliphatic rings. The molecule has 49 heavy (non-hydrogen) atoms. The van der Waals surface area contributed by atoms with Gasteiger partial charge in [-0.05, 0) is 91.7 Å². The molecule has 7 N–H and O–H groups in total. The van der Waals surface area contributed by atoms with Gasteiger partial charge >= 0.3 is 18.0 Å². The largest absolute Gasteiger partial charge is 0.481 e. The molecule has 0 aliphatic heterocycles. The summed E-state index contributed by atoms with van der Waals surface area (Å²) in [6.07, 6.45) is -0.101. The van der Waals surface area contributed by atoms with Crippen LogP contribution in [0.25, 0.3) is 0 Å². The number of amides is 4. The molecule has 0 saturated heterocycles. The van der Waals surface area contributed by atoms with Crippen molar-refractivity contribution in [1.82, 2.24) is 21.3 Å². The topological polar surface area (TPSA) is 215 Å². The molecule has 14 nitrogen and oxygen atoms in total. The Morgan fingerprint density at radius 2 is 1.22 bits per heavy atom. The van der Waals surface area contributed by atoms with Gasteiger partial charge in [-0.15, -0.1) is 0 Å². The summed E-state index contributed by atoms with van der Waals surface area (Å²) >= 11 is 0. The average Bonchev–Trinajstić information content (AvgIpc) is 2.96. The molecule has 0 unspecified atom stereocenters. The van der Waals surface area contributed by atoms with E-state index in [9.17, 15) is 33.9 Å². The maximum Gasteiger partial charge on any atom is 0.408 e. The maximum absolute atomic E-state index is 13.7. The zero-order chi connectivity index (χ0) is 37.4. The third-order valence-corrected chi connectivity index (χ3v) is 6.86. The lowest BCUT2D eigenvalue weighted by atomic mass is 10.0. The first-order chi connectivity index (χ1) is 22.7. The van der Waals surface area contributed by atoms with Crippen molar-refractivity contribution in [2.45, 2.75) is 136 Å². The SMILES string of the molecule is CC(C)C[C@H](NC(=O)[C@H](CCC(=O)O)NC(=O)[C@H](CCCCN)NC(=O)[C@H](Cc1ccccc1)NC(=O)OC(C)(C)C)C(=O)OC(C)(C)C. The minimum absolute atomic E-state index is 0.00913. The van der Waals surface area contributed by atoms with Gasteiger partial charge in [0.1, 0.15) is 35.4 Å². The normalized spacial score (nSPS) is 14.1. The number of esters is 1. The zero-order valence-electron chi connectivity index (χ0n) is 30.2. The summed E-state index contributed by atoms with van der Waals surface area (Å²) in [5.41, 5.74) is 4.76. The van der Waals surface area contributed by atoms with Crippen LogP contribution in [0.5, 0.6) is 0 Å². The molecule has 0 radical (unpaired) electrons. The summed E-state index contributed by atoms with van der Waals surface area (Å²) in [6.45, 7) is 14.2. The van der Waals surface area contributed by atoms with Crippen LogP contribution in [0.2, 0.25) is 0 Å².